The van der Waals surface area contributed by atoms with Crippen molar-refractivity contribution in [2.75, 3.05) is 13.1 Å². The molecule has 1 aromatic rings. The first-order chi connectivity index (χ1) is 10.2. The summed E-state index contributed by atoms with van der Waals surface area (Å²) in [5, 5.41) is 2.87. The fourth-order valence-electron chi connectivity index (χ4n) is 2.41. The summed E-state index contributed by atoms with van der Waals surface area (Å²) in [6, 6.07) is 8.04. The smallest absolute Gasteiger partial charge is 0.222 e. The van der Waals surface area contributed by atoms with Gasteiger partial charge in [0.05, 0.1) is 0 Å². The highest BCUT2D eigenvalue weighted by atomic mass is 35.5. The number of nitrogens with one attached hydrogen (secondary N) is 1. The first-order valence-corrected chi connectivity index (χ1v) is 7.51. The lowest BCUT2D eigenvalue weighted by Crippen LogP contribution is -2.24. The van der Waals surface area contributed by atoms with Gasteiger partial charge in [0.1, 0.15) is 0 Å². The Bertz CT molecular complexity index is 491. The number of nitrogens with zero attached hydrogens (tertiary/aromatic N) is 1. The third-order valence-electron chi connectivity index (χ3n) is 3.67. The van der Waals surface area contributed by atoms with Crippen molar-refractivity contribution in [1.82, 2.24) is 10.2 Å². The van der Waals surface area contributed by atoms with Gasteiger partial charge >= 0.3 is 0 Å². The van der Waals surface area contributed by atoms with E-state index in [0.29, 0.717) is 38.9 Å². The number of hydrogen-bond acceptors (Lipinski definition) is 3. The second kappa shape index (κ2) is 9.43. The largest absolute Gasteiger partial charge is 0.352 e. The summed E-state index contributed by atoms with van der Waals surface area (Å²) in [4.78, 5) is 25.0. The Morgan fingerprint density at radius 3 is 2.50 bits per heavy atom. The van der Waals surface area contributed by atoms with Gasteiger partial charge in [0, 0.05) is 32.5 Å². The van der Waals surface area contributed by atoms with Gasteiger partial charge in [0.2, 0.25) is 11.8 Å². The highest BCUT2D eigenvalue weighted by Gasteiger charge is 2.19. The number of halogens is 1. The number of likely N-dealkylation sites (tertiary alicyclic amines) is 1. The summed E-state index contributed by atoms with van der Waals surface area (Å²) in [5.74, 6) is 0.276. The zero-order valence-corrected chi connectivity index (χ0v) is 13.5. The predicted octanol–water partition coefficient (Wildman–Crippen LogP) is 1.59. The normalized spacial score (nSPS) is 13.9. The zero-order chi connectivity index (χ0) is 15.1. The van der Waals surface area contributed by atoms with Crippen LogP contribution in [0.4, 0.5) is 0 Å². The zero-order valence-electron chi connectivity index (χ0n) is 12.7. The van der Waals surface area contributed by atoms with Crippen LogP contribution in [0.2, 0.25) is 0 Å². The average molecular weight is 326 g/mol. The Morgan fingerprint density at radius 1 is 1.23 bits per heavy atom. The van der Waals surface area contributed by atoms with Crippen LogP contribution in [0, 0.1) is 0 Å². The molecule has 1 fully saturated rings. The Hall–Kier alpha value is -1.59. The monoisotopic (exact) mass is 325 g/mol. The van der Waals surface area contributed by atoms with Gasteiger partial charge in [-0.25, -0.2) is 0 Å². The molecule has 5 nitrogen and oxygen atoms in total. The highest BCUT2D eigenvalue weighted by molar-refractivity contribution is 5.85. The van der Waals surface area contributed by atoms with Crippen molar-refractivity contribution in [1.29, 1.82) is 0 Å². The molecule has 0 atom stereocenters. The molecule has 6 heteroatoms. The predicted molar refractivity (Wildman–Crippen MR) is 88.5 cm³/mol. The van der Waals surface area contributed by atoms with Crippen molar-refractivity contribution >= 4 is 24.2 Å². The van der Waals surface area contributed by atoms with Crippen molar-refractivity contribution in [2.24, 2.45) is 5.73 Å². The van der Waals surface area contributed by atoms with E-state index in [-0.39, 0.29) is 24.2 Å². The third-order valence-corrected chi connectivity index (χ3v) is 3.67. The summed E-state index contributed by atoms with van der Waals surface area (Å²) < 4.78 is 0. The van der Waals surface area contributed by atoms with Crippen LogP contribution in [0.15, 0.2) is 24.3 Å². The van der Waals surface area contributed by atoms with Crippen LogP contribution in [0.5, 0.6) is 0 Å². The van der Waals surface area contributed by atoms with E-state index >= 15 is 0 Å². The molecule has 0 aliphatic carbocycles. The maximum atomic E-state index is 11.6. The molecule has 2 amide bonds. The lowest BCUT2D eigenvalue weighted by Gasteiger charge is -2.15. The Balaban J connectivity index is 0.00000242. The van der Waals surface area contributed by atoms with Crippen LogP contribution in [0.3, 0.4) is 0 Å². The minimum atomic E-state index is 0. The SMILES string of the molecule is Cl.NCCCC(=O)NCc1ccc(CN2CCCC2=O)cc1. The number of benzene rings is 1. The van der Waals surface area contributed by atoms with Crippen molar-refractivity contribution in [2.45, 2.75) is 38.8 Å². The summed E-state index contributed by atoms with van der Waals surface area (Å²) in [5.41, 5.74) is 7.56. The number of carbonyl (C=O) groups excluding carboxylic acids is 2. The fraction of sp³-hybridized carbons (Fsp3) is 0.500. The van der Waals surface area contributed by atoms with Crippen LogP contribution in [0.1, 0.15) is 36.8 Å². The van der Waals surface area contributed by atoms with E-state index < -0.39 is 0 Å². The second-order valence-electron chi connectivity index (χ2n) is 5.40. The van der Waals surface area contributed by atoms with E-state index in [0.717, 1.165) is 24.1 Å². The summed E-state index contributed by atoms with van der Waals surface area (Å²) >= 11 is 0. The Labute approximate surface area is 137 Å². The van der Waals surface area contributed by atoms with E-state index in [4.69, 9.17) is 5.73 Å². The van der Waals surface area contributed by atoms with Gasteiger partial charge in [-0.1, -0.05) is 24.3 Å². The van der Waals surface area contributed by atoms with Crippen LogP contribution in [0.25, 0.3) is 0 Å². The molecule has 0 unspecified atom stereocenters. The third kappa shape index (κ3) is 5.66. The average Bonchev–Trinajstić information content (AvgIpc) is 2.89. The van der Waals surface area contributed by atoms with Crippen LogP contribution in [-0.2, 0) is 22.7 Å². The lowest BCUT2D eigenvalue weighted by molar-refractivity contribution is -0.128. The molecule has 0 aromatic heterocycles. The van der Waals surface area contributed by atoms with Crippen molar-refractivity contribution in [3.05, 3.63) is 35.4 Å². The molecular weight excluding hydrogens is 302 g/mol. The molecule has 0 radical (unpaired) electrons. The maximum Gasteiger partial charge on any atom is 0.222 e. The molecular formula is C16H24ClN3O2. The molecule has 1 aromatic carbocycles. The van der Waals surface area contributed by atoms with Crippen molar-refractivity contribution in [3.63, 3.8) is 0 Å². The van der Waals surface area contributed by atoms with E-state index in [1.165, 1.54) is 0 Å². The molecule has 1 saturated heterocycles. The quantitative estimate of drug-likeness (QED) is 0.799. The summed E-state index contributed by atoms with van der Waals surface area (Å²) in [6.07, 6.45) is 2.83. The molecule has 1 aliphatic heterocycles. The topological polar surface area (TPSA) is 75.4 Å². The van der Waals surface area contributed by atoms with Crippen molar-refractivity contribution < 1.29 is 9.59 Å². The molecule has 1 aliphatic rings. The molecule has 122 valence electrons. The van der Waals surface area contributed by atoms with E-state index in [1.807, 2.05) is 29.2 Å². The van der Waals surface area contributed by atoms with E-state index in [9.17, 15) is 9.59 Å². The summed E-state index contributed by atoms with van der Waals surface area (Å²) in [6.45, 7) is 2.61. The molecule has 22 heavy (non-hydrogen) atoms. The lowest BCUT2D eigenvalue weighted by atomic mass is 10.1. The minimum absolute atomic E-state index is 0. The van der Waals surface area contributed by atoms with Gasteiger partial charge in [-0.2, -0.15) is 0 Å². The molecule has 0 spiro atoms. The number of nitrogens with two attached hydrogens (primary N) is 1. The van der Waals surface area contributed by atoms with Gasteiger partial charge in [0.25, 0.3) is 0 Å². The Morgan fingerprint density at radius 2 is 1.91 bits per heavy atom. The fourth-order valence-corrected chi connectivity index (χ4v) is 2.41. The van der Waals surface area contributed by atoms with Gasteiger partial charge < -0.3 is 16.0 Å². The first kappa shape index (κ1) is 18.5. The van der Waals surface area contributed by atoms with Crippen LogP contribution in [-0.4, -0.2) is 29.8 Å². The number of amides is 2. The minimum Gasteiger partial charge on any atom is -0.352 e. The van der Waals surface area contributed by atoms with Crippen molar-refractivity contribution in [3.8, 4) is 0 Å². The number of hydrogen-bond donors (Lipinski definition) is 2. The second-order valence-corrected chi connectivity index (χ2v) is 5.40. The molecule has 1 heterocycles. The standard InChI is InChI=1S/C16H23N3O2.ClH/c17-9-1-3-15(20)18-11-13-5-7-14(8-6-13)12-19-10-2-4-16(19)21;/h5-8H,1-4,9-12,17H2,(H,18,20);1H. The van der Waals surface area contributed by atoms with Crippen LogP contribution >= 0.6 is 12.4 Å². The Kier molecular flexibility index (Phi) is 7.91. The molecule has 2 rings (SSSR count). The molecule has 0 saturated carbocycles. The van der Waals surface area contributed by atoms with Gasteiger partial charge in [0.15, 0.2) is 0 Å². The maximum absolute atomic E-state index is 11.6. The van der Waals surface area contributed by atoms with Gasteiger partial charge in [-0.15, -0.1) is 12.4 Å². The van der Waals surface area contributed by atoms with E-state index in [1.54, 1.807) is 0 Å². The summed E-state index contributed by atoms with van der Waals surface area (Å²) in [7, 11) is 0. The van der Waals surface area contributed by atoms with Gasteiger partial charge in [-0.05, 0) is 30.5 Å². The highest BCUT2D eigenvalue weighted by Crippen LogP contribution is 2.14. The van der Waals surface area contributed by atoms with Gasteiger partial charge in [-0.3, -0.25) is 9.59 Å². The number of rotatable bonds is 7. The molecule has 3 N–H and O–H groups in total. The van der Waals surface area contributed by atoms with Crippen LogP contribution < -0.4 is 11.1 Å². The number of carbonyl (C=O) groups is 2. The van der Waals surface area contributed by atoms with E-state index in [2.05, 4.69) is 5.32 Å². The molecule has 0 bridgehead atoms. The first-order valence-electron chi connectivity index (χ1n) is 7.51.